The summed E-state index contributed by atoms with van der Waals surface area (Å²) < 4.78 is 10.3. The summed E-state index contributed by atoms with van der Waals surface area (Å²) >= 11 is 0. The summed E-state index contributed by atoms with van der Waals surface area (Å²) in [5, 5.41) is 1.99. The number of esters is 2. The number of nitrogens with one attached hydrogen (secondary N) is 1. The van der Waals surface area contributed by atoms with E-state index in [1.54, 1.807) is 36.4 Å². The first-order valence-corrected chi connectivity index (χ1v) is 7.41. The van der Waals surface area contributed by atoms with Gasteiger partial charge in [-0.3, -0.25) is 14.9 Å². The van der Waals surface area contributed by atoms with Gasteiger partial charge >= 0.3 is 23.6 Å². The number of carbonyl (C=O) groups is 4. The molecule has 1 aliphatic heterocycles. The van der Waals surface area contributed by atoms with Crippen LogP contribution >= 0.6 is 0 Å². The molecule has 0 saturated carbocycles. The van der Waals surface area contributed by atoms with E-state index < -0.39 is 36.0 Å². The SMILES string of the molecule is O=C1CC(OC(=O)c2ccccc2)(OC(=O)c2ccccc2)C(=O)N1. The second-order valence-corrected chi connectivity index (χ2v) is 5.32. The van der Waals surface area contributed by atoms with Crippen LogP contribution in [0.5, 0.6) is 0 Å². The van der Waals surface area contributed by atoms with Crippen LogP contribution in [0.3, 0.4) is 0 Å². The van der Waals surface area contributed by atoms with E-state index in [2.05, 4.69) is 0 Å². The highest BCUT2D eigenvalue weighted by Crippen LogP contribution is 2.27. The van der Waals surface area contributed by atoms with E-state index >= 15 is 0 Å². The second kappa shape index (κ2) is 6.56. The van der Waals surface area contributed by atoms with E-state index in [0.717, 1.165) is 0 Å². The van der Waals surface area contributed by atoms with Crippen molar-refractivity contribution in [3.8, 4) is 0 Å². The van der Waals surface area contributed by atoms with Gasteiger partial charge in [0.1, 0.15) is 6.42 Å². The first-order chi connectivity index (χ1) is 12.0. The fourth-order valence-electron chi connectivity index (χ4n) is 2.31. The molecule has 1 heterocycles. The van der Waals surface area contributed by atoms with Gasteiger partial charge in [0.15, 0.2) is 0 Å². The standard InChI is InChI=1S/C18H13NO6/c20-14-11-18(17(23)19-14,24-15(21)12-7-3-1-4-8-12)25-16(22)13-9-5-2-6-10-13/h1-10H,11H2,(H,19,20,23). The van der Waals surface area contributed by atoms with E-state index in [1.807, 2.05) is 5.32 Å². The lowest BCUT2D eigenvalue weighted by Crippen LogP contribution is -2.46. The van der Waals surface area contributed by atoms with Crippen LogP contribution in [0.4, 0.5) is 0 Å². The van der Waals surface area contributed by atoms with Crippen molar-refractivity contribution in [3.63, 3.8) is 0 Å². The molecule has 0 atom stereocenters. The van der Waals surface area contributed by atoms with E-state index in [1.165, 1.54) is 24.3 Å². The molecule has 1 N–H and O–H groups in total. The Hall–Kier alpha value is -3.48. The Labute approximate surface area is 142 Å². The lowest BCUT2D eigenvalue weighted by atomic mass is 10.2. The molecular weight excluding hydrogens is 326 g/mol. The maximum atomic E-state index is 12.3. The summed E-state index contributed by atoms with van der Waals surface area (Å²) in [6.45, 7) is 0. The van der Waals surface area contributed by atoms with Crippen molar-refractivity contribution in [2.45, 2.75) is 12.2 Å². The molecule has 1 aliphatic rings. The third-order valence-electron chi connectivity index (χ3n) is 3.53. The maximum Gasteiger partial charge on any atom is 0.346 e. The molecule has 0 bridgehead atoms. The van der Waals surface area contributed by atoms with Gasteiger partial charge in [0.2, 0.25) is 5.91 Å². The van der Waals surface area contributed by atoms with Crippen LogP contribution in [0.1, 0.15) is 27.1 Å². The van der Waals surface area contributed by atoms with Crippen molar-refractivity contribution in [1.82, 2.24) is 5.32 Å². The van der Waals surface area contributed by atoms with Gasteiger partial charge in [-0.25, -0.2) is 9.59 Å². The van der Waals surface area contributed by atoms with Gasteiger partial charge in [0.05, 0.1) is 11.1 Å². The van der Waals surface area contributed by atoms with Crippen molar-refractivity contribution in [3.05, 3.63) is 71.8 Å². The Morgan fingerprint density at radius 2 is 1.24 bits per heavy atom. The Bertz CT molecular complexity index is 778. The third-order valence-corrected chi connectivity index (χ3v) is 3.53. The van der Waals surface area contributed by atoms with Crippen molar-refractivity contribution >= 4 is 23.8 Å². The topological polar surface area (TPSA) is 98.8 Å². The largest absolute Gasteiger partial charge is 0.409 e. The van der Waals surface area contributed by atoms with Crippen LogP contribution in [0.25, 0.3) is 0 Å². The molecule has 126 valence electrons. The van der Waals surface area contributed by atoms with Crippen molar-refractivity contribution in [2.24, 2.45) is 0 Å². The molecule has 0 spiro atoms. The third kappa shape index (κ3) is 3.40. The van der Waals surface area contributed by atoms with Crippen LogP contribution in [0.2, 0.25) is 0 Å². The lowest BCUT2D eigenvalue weighted by molar-refractivity contribution is -0.180. The Balaban J connectivity index is 1.87. The molecular formula is C18H13NO6. The highest BCUT2D eigenvalue weighted by molar-refractivity contribution is 6.09. The molecule has 2 amide bonds. The van der Waals surface area contributed by atoms with Crippen LogP contribution in [0.15, 0.2) is 60.7 Å². The molecule has 1 fully saturated rings. The number of ether oxygens (including phenoxy) is 2. The Kier molecular flexibility index (Phi) is 4.30. The molecule has 2 aromatic carbocycles. The minimum Gasteiger partial charge on any atom is -0.409 e. The summed E-state index contributed by atoms with van der Waals surface area (Å²) in [6.07, 6.45) is -0.594. The van der Waals surface area contributed by atoms with Crippen molar-refractivity contribution < 1.29 is 28.7 Å². The minimum atomic E-state index is -2.32. The highest BCUT2D eigenvalue weighted by atomic mass is 16.7. The van der Waals surface area contributed by atoms with Gasteiger partial charge in [0, 0.05) is 0 Å². The molecule has 2 aromatic rings. The predicted molar refractivity (Wildman–Crippen MR) is 84.2 cm³/mol. The van der Waals surface area contributed by atoms with Crippen LogP contribution < -0.4 is 5.32 Å². The Morgan fingerprint density at radius 3 is 1.60 bits per heavy atom. The maximum absolute atomic E-state index is 12.3. The minimum absolute atomic E-state index is 0.157. The zero-order valence-corrected chi connectivity index (χ0v) is 12.9. The number of carbonyl (C=O) groups excluding carboxylic acids is 4. The van der Waals surface area contributed by atoms with E-state index in [0.29, 0.717) is 0 Å². The number of hydrogen-bond acceptors (Lipinski definition) is 6. The summed E-state index contributed by atoms with van der Waals surface area (Å²) in [5.41, 5.74) is 0.314. The smallest absolute Gasteiger partial charge is 0.346 e. The normalized spacial score (nSPS) is 15.4. The van der Waals surface area contributed by atoms with Crippen molar-refractivity contribution in [2.75, 3.05) is 0 Å². The average molecular weight is 339 g/mol. The first kappa shape index (κ1) is 16.4. The number of rotatable bonds is 4. The molecule has 0 radical (unpaired) electrons. The summed E-state index contributed by atoms with van der Waals surface area (Å²) in [7, 11) is 0. The first-order valence-electron chi connectivity index (χ1n) is 7.41. The van der Waals surface area contributed by atoms with Gasteiger partial charge in [0.25, 0.3) is 0 Å². The van der Waals surface area contributed by atoms with E-state index in [4.69, 9.17) is 9.47 Å². The average Bonchev–Trinajstić information content (AvgIpc) is 2.89. The fraction of sp³-hybridized carbons (Fsp3) is 0.111. The molecule has 7 heteroatoms. The monoisotopic (exact) mass is 339 g/mol. The summed E-state index contributed by atoms with van der Waals surface area (Å²) in [4.78, 5) is 48.3. The van der Waals surface area contributed by atoms with E-state index in [-0.39, 0.29) is 11.1 Å². The van der Waals surface area contributed by atoms with Gasteiger partial charge in [-0.05, 0) is 24.3 Å². The molecule has 0 unspecified atom stereocenters. The lowest BCUT2D eigenvalue weighted by Gasteiger charge is -2.25. The van der Waals surface area contributed by atoms with Gasteiger partial charge in [-0.1, -0.05) is 36.4 Å². The zero-order valence-electron chi connectivity index (χ0n) is 12.9. The van der Waals surface area contributed by atoms with Gasteiger partial charge < -0.3 is 9.47 Å². The molecule has 1 saturated heterocycles. The molecule has 0 aliphatic carbocycles. The second-order valence-electron chi connectivity index (χ2n) is 5.32. The van der Waals surface area contributed by atoms with Crippen LogP contribution in [-0.2, 0) is 19.1 Å². The van der Waals surface area contributed by atoms with Crippen LogP contribution in [-0.4, -0.2) is 29.5 Å². The molecule has 7 nitrogen and oxygen atoms in total. The van der Waals surface area contributed by atoms with Crippen LogP contribution in [0, 0.1) is 0 Å². The Morgan fingerprint density at radius 1 is 0.800 bits per heavy atom. The summed E-state index contributed by atoms with van der Waals surface area (Å²) in [5.74, 6) is -5.79. The molecule has 3 rings (SSSR count). The quantitative estimate of drug-likeness (QED) is 0.514. The highest BCUT2D eigenvalue weighted by Gasteiger charge is 2.54. The van der Waals surface area contributed by atoms with Gasteiger partial charge in [-0.2, -0.15) is 0 Å². The van der Waals surface area contributed by atoms with Crippen molar-refractivity contribution in [1.29, 1.82) is 0 Å². The predicted octanol–water partition coefficient (Wildman–Crippen LogP) is 1.44. The zero-order chi connectivity index (χ0) is 17.9. The summed E-state index contributed by atoms with van der Waals surface area (Å²) in [6, 6.07) is 15.7. The fourth-order valence-corrected chi connectivity index (χ4v) is 2.31. The number of hydrogen-bond donors (Lipinski definition) is 1. The van der Waals surface area contributed by atoms with E-state index in [9.17, 15) is 19.2 Å². The molecule has 0 aromatic heterocycles. The van der Waals surface area contributed by atoms with Gasteiger partial charge in [-0.15, -0.1) is 0 Å². The number of benzene rings is 2. The number of amides is 2. The number of imide groups is 1. The molecule has 25 heavy (non-hydrogen) atoms.